The molecule has 1 heterocycles. The third-order valence-corrected chi connectivity index (χ3v) is 6.68. The van der Waals surface area contributed by atoms with Crippen LogP contribution in [0.15, 0.2) is 47.4 Å². The van der Waals surface area contributed by atoms with Crippen molar-refractivity contribution < 1.29 is 22.8 Å². The maximum absolute atomic E-state index is 13.3. The number of anilines is 1. The molecule has 0 unspecified atom stereocenters. The van der Waals surface area contributed by atoms with Crippen molar-refractivity contribution in [3.63, 3.8) is 0 Å². The van der Waals surface area contributed by atoms with E-state index in [9.17, 15) is 18.5 Å². The summed E-state index contributed by atoms with van der Waals surface area (Å²) in [5, 5.41) is 11.3. The number of rotatable bonds is 7. The van der Waals surface area contributed by atoms with Crippen molar-refractivity contribution in [2.24, 2.45) is 0 Å². The fourth-order valence-electron chi connectivity index (χ4n) is 3.24. The topological polar surface area (TPSA) is 102 Å². The normalized spacial score (nSPS) is 15.1. The molecule has 0 aliphatic carbocycles. The molecule has 0 atom stereocenters. The lowest BCUT2D eigenvalue weighted by Crippen LogP contribution is -2.41. The lowest BCUT2D eigenvalue weighted by Gasteiger charge is -2.29. The van der Waals surface area contributed by atoms with Crippen LogP contribution in [0.25, 0.3) is 0 Å². The number of para-hydroxylation sites is 1. The fourth-order valence-corrected chi connectivity index (χ4v) is 4.90. The maximum Gasteiger partial charge on any atom is 0.270 e. The molecule has 0 radical (unpaired) electrons. The van der Waals surface area contributed by atoms with E-state index in [0.29, 0.717) is 31.2 Å². The average molecular weight is 421 g/mol. The van der Waals surface area contributed by atoms with Crippen LogP contribution < -0.4 is 9.64 Å². The van der Waals surface area contributed by atoms with E-state index < -0.39 is 14.9 Å². The quantitative estimate of drug-likeness (QED) is 0.499. The zero-order valence-corrected chi connectivity index (χ0v) is 17.1. The van der Waals surface area contributed by atoms with Crippen molar-refractivity contribution in [3.05, 3.63) is 58.1 Å². The van der Waals surface area contributed by atoms with Gasteiger partial charge in [0.05, 0.1) is 30.9 Å². The van der Waals surface area contributed by atoms with Gasteiger partial charge in [0.2, 0.25) is 10.0 Å². The predicted molar refractivity (Wildman–Crippen MR) is 108 cm³/mol. The Balaban J connectivity index is 2.02. The molecule has 0 saturated carbocycles. The first-order valence-corrected chi connectivity index (χ1v) is 10.5. The van der Waals surface area contributed by atoms with Gasteiger partial charge in [-0.15, -0.1) is 0 Å². The largest absolute Gasteiger partial charge is 0.496 e. The number of methoxy groups -OCH3 is 1. The second-order valence-electron chi connectivity index (χ2n) is 6.59. The molecule has 0 amide bonds. The van der Waals surface area contributed by atoms with Crippen molar-refractivity contribution >= 4 is 21.4 Å². The van der Waals surface area contributed by atoms with Crippen molar-refractivity contribution in [1.29, 1.82) is 0 Å². The van der Waals surface area contributed by atoms with E-state index in [1.807, 2.05) is 24.3 Å². The van der Waals surface area contributed by atoms with Crippen LogP contribution in [-0.4, -0.2) is 58.1 Å². The van der Waals surface area contributed by atoms with Crippen LogP contribution in [0.4, 0.5) is 11.4 Å². The van der Waals surface area contributed by atoms with Gasteiger partial charge in [0.15, 0.2) is 0 Å². The monoisotopic (exact) mass is 421 g/mol. The summed E-state index contributed by atoms with van der Waals surface area (Å²) in [6.07, 6.45) is 0. The van der Waals surface area contributed by atoms with E-state index in [-0.39, 0.29) is 23.7 Å². The summed E-state index contributed by atoms with van der Waals surface area (Å²) in [7, 11) is -0.615. The number of nitro benzene ring substituents is 1. The van der Waals surface area contributed by atoms with E-state index in [1.165, 1.54) is 16.4 Å². The Morgan fingerprint density at radius 2 is 1.90 bits per heavy atom. The average Bonchev–Trinajstić information content (AvgIpc) is 2.74. The van der Waals surface area contributed by atoms with Crippen LogP contribution in [0.2, 0.25) is 0 Å². The molecule has 1 aliphatic rings. The molecule has 1 aliphatic heterocycles. The van der Waals surface area contributed by atoms with Crippen molar-refractivity contribution in [2.45, 2.75) is 11.4 Å². The number of sulfonamides is 1. The van der Waals surface area contributed by atoms with E-state index in [4.69, 9.17) is 9.47 Å². The number of ether oxygens (including phenoxy) is 2. The highest BCUT2D eigenvalue weighted by Crippen LogP contribution is 2.33. The van der Waals surface area contributed by atoms with Gasteiger partial charge in [-0.3, -0.25) is 10.1 Å². The molecule has 0 spiro atoms. The Morgan fingerprint density at radius 3 is 2.55 bits per heavy atom. The Labute approximate surface area is 169 Å². The Kier molecular flexibility index (Phi) is 6.36. The van der Waals surface area contributed by atoms with Crippen LogP contribution in [0.1, 0.15) is 5.56 Å². The van der Waals surface area contributed by atoms with Crippen molar-refractivity contribution in [3.8, 4) is 5.75 Å². The zero-order valence-electron chi connectivity index (χ0n) is 16.3. The van der Waals surface area contributed by atoms with E-state index in [2.05, 4.69) is 0 Å². The van der Waals surface area contributed by atoms with Crippen LogP contribution in [0.3, 0.4) is 0 Å². The van der Waals surface area contributed by atoms with Gasteiger partial charge in [-0.1, -0.05) is 18.2 Å². The number of morpholine rings is 1. The van der Waals surface area contributed by atoms with Crippen molar-refractivity contribution in [1.82, 2.24) is 4.31 Å². The standard InChI is InChI=1S/C19H23N3O6S/c1-20(14-15-5-3-4-6-18(15)27-2)17-8-7-16(22(23)24)13-19(17)29(25,26)21-9-11-28-12-10-21/h3-8,13H,9-12,14H2,1-2H3. The van der Waals surface area contributed by atoms with Gasteiger partial charge in [-0.05, 0) is 12.1 Å². The number of hydrogen-bond acceptors (Lipinski definition) is 7. The lowest BCUT2D eigenvalue weighted by molar-refractivity contribution is -0.385. The van der Waals surface area contributed by atoms with E-state index in [1.54, 1.807) is 19.1 Å². The van der Waals surface area contributed by atoms with Crippen LogP contribution in [-0.2, 0) is 21.3 Å². The molecule has 10 heteroatoms. The van der Waals surface area contributed by atoms with E-state index >= 15 is 0 Å². The Hall–Kier alpha value is -2.69. The van der Waals surface area contributed by atoms with Gasteiger partial charge in [0.25, 0.3) is 5.69 Å². The maximum atomic E-state index is 13.3. The van der Waals surface area contributed by atoms with Crippen LogP contribution >= 0.6 is 0 Å². The molecule has 3 rings (SSSR count). The molecule has 2 aromatic rings. The summed E-state index contributed by atoms with van der Waals surface area (Å²) in [6.45, 7) is 1.37. The van der Waals surface area contributed by atoms with Gasteiger partial charge in [0.1, 0.15) is 10.6 Å². The highest BCUT2D eigenvalue weighted by Gasteiger charge is 2.31. The first-order valence-electron chi connectivity index (χ1n) is 9.04. The van der Waals surface area contributed by atoms with Gasteiger partial charge in [0, 0.05) is 44.4 Å². The molecule has 29 heavy (non-hydrogen) atoms. The highest BCUT2D eigenvalue weighted by atomic mass is 32.2. The summed E-state index contributed by atoms with van der Waals surface area (Å²) in [4.78, 5) is 12.3. The number of non-ortho nitro benzene ring substituents is 1. The number of nitro groups is 1. The second kappa shape index (κ2) is 8.76. The molecule has 156 valence electrons. The summed E-state index contributed by atoms with van der Waals surface area (Å²) in [6, 6.07) is 11.3. The Bertz CT molecular complexity index is 989. The SMILES string of the molecule is COc1ccccc1CN(C)c1ccc([N+](=O)[O-])cc1S(=O)(=O)N1CCOCC1. The summed E-state index contributed by atoms with van der Waals surface area (Å²) >= 11 is 0. The molecule has 0 N–H and O–H groups in total. The summed E-state index contributed by atoms with van der Waals surface area (Å²) in [5.41, 5.74) is 0.977. The minimum atomic E-state index is -3.93. The lowest BCUT2D eigenvalue weighted by atomic mass is 10.1. The Morgan fingerprint density at radius 1 is 1.21 bits per heavy atom. The predicted octanol–water partition coefficient (Wildman–Crippen LogP) is 2.26. The van der Waals surface area contributed by atoms with Crippen LogP contribution in [0, 0.1) is 10.1 Å². The third kappa shape index (κ3) is 4.50. The molecule has 9 nitrogen and oxygen atoms in total. The van der Waals surface area contributed by atoms with Gasteiger partial charge >= 0.3 is 0 Å². The minimum absolute atomic E-state index is 0.0917. The third-order valence-electron chi connectivity index (χ3n) is 4.75. The first kappa shape index (κ1) is 21.0. The van der Waals surface area contributed by atoms with Crippen LogP contribution in [0.5, 0.6) is 5.75 Å². The number of hydrogen-bond donors (Lipinski definition) is 0. The molecular weight excluding hydrogens is 398 g/mol. The highest BCUT2D eigenvalue weighted by molar-refractivity contribution is 7.89. The van der Waals surface area contributed by atoms with Gasteiger partial charge in [-0.25, -0.2) is 8.42 Å². The number of benzene rings is 2. The smallest absolute Gasteiger partial charge is 0.270 e. The molecule has 1 saturated heterocycles. The fraction of sp³-hybridized carbons (Fsp3) is 0.368. The summed E-state index contributed by atoms with van der Waals surface area (Å²) < 4.78 is 38.4. The molecule has 0 bridgehead atoms. The van der Waals surface area contributed by atoms with E-state index in [0.717, 1.165) is 11.6 Å². The van der Waals surface area contributed by atoms with Crippen molar-refractivity contribution in [2.75, 3.05) is 45.4 Å². The van der Waals surface area contributed by atoms with Gasteiger partial charge in [-0.2, -0.15) is 4.31 Å². The molecule has 2 aromatic carbocycles. The summed E-state index contributed by atoms with van der Waals surface area (Å²) in [5.74, 6) is 0.679. The van der Waals surface area contributed by atoms with Gasteiger partial charge < -0.3 is 14.4 Å². The molecule has 0 aromatic heterocycles. The molecule has 1 fully saturated rings. The minimum Gasteiger partial charge on any atom is -0.496 e. The first-order chi connectivity index (χ1) is 13.8. The number of nitrogens with zero attached hydrogens (tertiary/aromatic N) is 3. The second-order valence-corrected chi connectivity index (χ2v) is 8.50. The molecular formula is C19H23N3O6S. The zero-order chi connectivity index (χ0) is 21.0.